The Labute approximate surface area is 175 Å². The fraction of sp³-hybridized carbons (Fsp3) is 0.364. The minimum Gasteiger partial charge on any atom is -0.504 e. The van der Waals surface area contributed by atoms with Gasteiger partial charge in [-0.25, -0.2) is 4.79 Å². The molecule has 0 aliphatic carbocycles. The Hall–Kier alpha value is -3.42. The highest BCUT2D eigenvalue weighted by Crippen LogP contribution is 2.30. The van der Waals surface area contributed by atoms with E-state index in [1.54, 1.807) is 6.07 Å². The first-order valence-corrected chi connectivity index (χ1v) is 9.68. The quantitative estimate of drug-likeness (QED) is 0.542. The molecule has 1 amide bonds. The van der Waals surface area contributed by atoms with Gasteiger partial charge in [-0.05, 0) is 50.1 Å². The minimum absolute atomic E-state index is 0.0695. The molecule has 8 heteroatoms. The van der Waals surface area contributed by atoms with E-state index in [1.165, 1.54) is 19.2 Å². The van der Waals surface area contributed by atoms with E-state index in [4.69, 9.17) is 18.9 Å². The SMILES string of the molecule is CCOc1ccc(CCNC(=O)COC(=O)c2cccc(OC)c2O)cc1OCC. The maximum Gasteiger partial charge on any atom is 0.342 e. The van der Waals surface area contributed by atoms with Crippen molar-refractivity contribution in [1.29, 1.82) is 0 Å². The van der Waals surface area contributed by atoms with Crippen LogP contribution in [0, 0.1) is 0 Å². The van der Waals surface area contributed by atoms with Crippen molar-refractivity contribution in [1.82, 2.24) is 5.32 Å². The molecule has 0 spiro atoms. The topological polar surface area (TPSA) is 103 Å². The van der Waals surface area contributed by atoms with Crippen molar-refractivity contribution in [3.05, 3.63) is 47.5 Å². The van der Waals surface area contributed by atoms with E-state index in [2.05, 4.69) is 5.32 Å². The summed E-state index contributed by atoms with van der Waals surface area (Å²) in [5.74, 6) is -0.0899. The molecule has 0 saturated carbocycles. The lowest BCUT2D eigenvalue weighted by Crippen LogP contribution is -2.30. The number of para-hydroxylation sites is 1. The number of hydrogen-bond donors (Lipinski definition) is 2. The first-order valence-electron chi connectivity index (χ1n) is 9.68. The zero-order valence-electron chi connectivity index (χ0n) is 17.4. The molecule has 2 aromatic carbocycles. The second kappa shape index (κ2) is 11.5. The molecule has 162 valence electrons. The number of carbonyl (C=O) groups is 2. The van der Waals surface area contributed by atoms with Gasteiger partial charge in [0.25, 0.3) is 5.91 Å². The van der Waals surface area contributed by atoms with Crippen molar-refractivity contribution >= 4 is 11.9 Å². The predicted octanol–water partition coefficient (Wildman–Crippen LogP) is 2.71. The Kier molecular flexibility index (Phi) is 8.80. The molecule has 30 heavy (non-hydrogen) atoms. The van der Waals surface area contributed by atoms with Crippen LogP contribution in [0.5, 0.6) is 23.0 Å². The number of phenolic OH excluding ortho intramolecular Hbond substituents is 1. The van der Waals surface area contributed by atoms with Gasteiger partial charge in [0.2, 0.25) is 0 Å². The van der Waals surface area contributed by atoms with Crippen molar-refractivity contribution in [3.8, 4) is 23.0 Å². The zero-order chi connectivity index (χ0) is 21.9. The van der Waals surface area contributed by atoms with E-state index in [9.17, 15) is 14.7 Å². The van der Waals surface area contributed by atoms with Crippen LogP contribution in [-0.2, 0) is 16.0 Å². The Balaban J connectivity index is 1.82. The minimum atomic E-state index is -0.811. The first kappa shape index (κ1) is 22.9. The average Bonchev–Trinajstić information content (AvgIpc) is 2.74. The van der Waals surface area contributed by atoms with Gasteiger partial charge >= 0.3 is 5.97 Å². The number of phenols is 1. The van der Waals surface area contributed by atoms with Gasteiger partial charge in [0.15, 0.2) is 29.6 Å². The van der Waals surface area contributed by atoms with E-state index >= 15 is 0 Å². The van der Waals surface area contributed by atoms with Crippen LogP contribution in [0.2, 0.25) is 0 Å². The molecular weight excluding hydrogens is 390 g/mol. The normalized spacial score (nSPS) is 10.2. The summed E-state index contributed by atoms with van der Waals surface area (Å²) in [6.07, 6.45) is 0.572. The number of nitrogens with one attached hydrogen (secondary N) is 1. The highest BCUT2D eigenvalue weighted by atomic mass is 16.5. The van der Waals surface area contributed by atoms with Gasteiger partial charge in [-0.2, -0.15) is 0 Å². The third-order valence-corrected chi connectivity index (χ3v) is 4.12. The highest BCUT2D eigenvalue weighted by Gasteiger charge is 2.17. The van der Waals surface area contributed by atoms with Crippen LogP contribution >= 0.6 is 0 Å². The van der Waals surface area contributed by atoms with Crippen LogP contribution in [0.1, 0.15) is 29.8 Å². The summed E-state index contributed by atoms with van der Waals surface area (Å²) >= 11 is 0. The largest absolute Gasteiger partial charge is 0.504 e. The molecule has 0 aromatic heterocycles. The Morgan fingerprint density at radius 3 is 2.43 bits per heavy atom. The fourth-order valence-corrected chi connectivity index (χ4v) is 2.71. The number of hydrogen-bond acceptors (Lipinski definition) is 7. The maximum absolute atomic E-state index is 12.1. The third kappa shape index (κ3) is 6.30. The van der Waals surface area contributed by atoms with Crippen LogP contribution in [0.15, 0.2) is 36.4 Å². The molecule has 8 nitrogen and oxygen atoms in total. The lowest BCUT2D eigenvalue weighted by Gasteiger charge is -2.13. The van der Waals surface area contributed by atoms with E-state index < -0.39 is 18.5 Å². The van der Waals surface area contributed by atoms with E-state index in [1.807, 2.05) is 32.0 Å². The van der Waals surface area contributed by atoms with E-state index in [0.29, 0.717) is 37.7 Å². The summed E-state index contributed by atoms with van der Waals surface area (Å²) in [5, 5.41) is 12.7. The Bertz CT molecular complexity index is 867. The summed E-state index contributed by atoms with van der Waals surface area (Å²) < 4.78 is 21.0. The molecular formula is C22H27NO7. The average molecular weight is 417 g/mol. The summed E-state index contributed by atoms with van der Waals surface area (Å²) in [5.41, 5.74) is 0.903. The lowest BCUT2D eigenvalue weighted by atomic mass is 10.1. The van der Waals surface area contributed by atoms with Gasteiger partial charge in [0.1, 0.15) is 5.56 Å². The molecule has 0 radical (unpaired) electrons. The van der Waals surface area contributed by atoms with Crippen LogP contribution in [0.4, 0.5) is 0 Å². The van der Waals surface area contributed by atoms with Gasteiger partial charge in [0.05, 0.1) is 20.3 Å². The van der Waals surface area contributed by atoms with Gasteiger partial charge in [-0.15, -0.1) is 0 Å². The number of rotatable bonds is 11. The fourth-order valence-electron chi connectivity index (χ4n) is 2.71. The van der Waals surface area contributed by atoms with Crippen molar-refractivity contribution in [3.63, 3.8) is 0 Å². The second-order valence-corrected chi connectivity index (χ2v) is 6.18. The van der Waals surface area contributed by atoms with Gasteiger partial charge in [-0.3, -0.25) is 4.79 Å². The molecule has 0 saturated heterocycles. The standard InChI is InChI=1S/C22H27NO7/c1-4-28-17-10-9-15(13-19(17)29-5-2)11-12-23-20(24)14-30-22(26)16-7-6-8-18(27-3)21(16)25/h6-10,13,25H,4-5,11-12,14H2,1-3H3,(H,23,24). The number of methoxy groups -OCH3 is 1. The van der Waals surface area contributed by atoms with E-state index in [-0.39, 0.29) is 17.1 Å². The molecule has 2 aromatic rings. The molecule has 0 aliphatic rings. The molecule has 0 unspecified atom stereocenters. The first-order chi connectivity index (χ1) is 14.5. The smallest absolute Gasteiger partial charge is 0.342 e. The van der Waals surface area contributed by atoms with Gasteiger partial charge in [-0.1, -0.05) is 12.1 Å². The molecule has 0 bridgehead atoms. The van der Waals surface area contributed by atoms with Crippen molar-refractivity contribution in [2.24, 2.45) is 0 Å². The summed E-state index contributed by atoms with van der Waals surface area (Å²) in [7, 11) is 1.37. The molecule has 0 atom stereocenters. The summed E-state index contributed by atoms with van der Waals surface area (Å²) in [4.78, 5) is 24.0. The van der Waals surface area contributed by atoms with Gasteiger partial charge in [0, 0.05) is 6.54 Å². The second-order valence-electron chi connectivity index (χ2n) is 6.18. The molecule has 0 heterocycles. The monoisotopic (exact) mass is 417 g/mol. The molecule has 0 fully saturated rings. The molecule has 2 rings (SSSR count). The summed E-state index contributed by atoms with van der Waals surface area (Å²) in [6.45, 7) is 4.77. The lowest BCUT2D eigenvalue weighted by molar-refractivity contribution is -0.124. The van der Waals surface area contributed by atoms with Crippen molar-refractivity contribution < 1.29 is 33.6 Å². The maximum atomic E-state index is 12.1. The van der Waals surface area contributed by atoms with Crippen LogP contribution in [0.3, 0.4) is 0 Å². The number of carbonyl (C=O) groups excluding carboxylic acids is 2. The number of amides is 1. The Morgan fingerprint density at radius 1 is 1.00 bits per heavy atom. The highest BCUT2D eigenvalue weighted by molar-refractivity contribution is 5.94. The van der Waals surface area contributed by atoms with Crippen LogP contribution in [0.25, 0.3) is 0 Å². The van der Waals surface area contributed by atoms with Crippen LogP contribution in [-0.4, -0.2) is 50.5 Å². The number of esters is 1. The number of benzene rings is 2. The van der Waals surface area contributed by atoms with Crippen molar-refractivity contribution in [2.45, 2.75) is 20.3 Å². The van der Waals surface area contributed by atoms with Crippen molar-refractivity contribution in [2.75, 3.05) is 33.5 Å². The number of aromatic hydroxyl groups is 1. The molecule has 2 N–H and O–H groups in total. The Morgan fingerprint density at radius 2 is 1.73 bits per heavy atom. The molecule has 0 aliphatic heterocycles. The zero-order valence-corrected chi connectivity index (χ0v) is 17.4. The predicted molar refractivity (Wildman–Crippen MR) is 110 cm³/mol. The third-order valence-electron chi connectivity index (χ3n) is 4.12. The van der Waals surface area contributed by atoms with Gasteiger partial charge < -0.3 is 29.4 Å². The van der Waals surface area contributed by atoms with E-state index in [0.717, 1.165) is 5.56 Å². The summed E-state index contributed by atoms with van der Waals surface area (Å²) in [6, 6.07) is 10.1. The van der Waals surface area contributed by atoms with Crippen LogP contribution < -0.4 is 19.5 Å². The number of ether oxygens (including phenoxy) is 4.